The van der Waals surface area contributed by atoms with Crippen molar-refractivity contribution >= 4 is 10.0 Å². The fraction of sp³-hybridized carbons (Fsp3) is 0.667. The first-order valence-corrected chi connectivity index (χ1v) is 10.7. The SMILES string of the molecule is O=S(=O)(c1cccc2c1OCCO2)N1CCC(C2CCNCC2)CC1. The molecular weight excluding hydrogens is 340 g/mol. The van der Waals surface area contributed by atoms with Crippen LogP contribution in [0.1, 0.15) is 25.7 Å². The molecule has 0 aliphatic carbocycles. The molecule has 0 saturated carbocycles. The second kappa shape index (κ2) is 7.13. The average Bonchev–Trinajstić information content (AvgIpc) is 2.68. The lowest BCUT2D eigenvalue weighted by Gasteiger charge is -2.37. The Morgan fingerprint density at radius 3 is 2.40 bits per heavy atom. The first-order chi connectivity index (χ1) is 12.2. The van der Waals surface area contributed by atoms with Crippen molar-refractivity contribution in [2.45, 2.75) is 30.6 Å². The quantitative estimate of drug-likeness (QED) is 0.884. The fourth-order valence-corrected chi connectivity index (χ4v) is 5.91. The maximum absolute atomic E-state index is 13.1. The van der Waals surface area contributed by atoms with Crippen molar-refractivity contribution in [1.82, 2.24) is 9.62 Å². The molecule has 2 saturated heterocycles. The first-order valence-electron chi connectivity index (χ1n) is 9.26. The first kappa shape index (κ1) is 17.1. The third-order valence-electron chi connectivity index (χ3n) is 5.70. The minimum Gasteiger partial charge on any atom is -0.486 e. The van der Waals surface area contributed by atoms with E-state index >= 15 is 0 Å². The van der Waals surface area contributed by atoms with Crippen LogP contribution in [0.5, 0.6) is 11.5 Å². The van der Waals surface area contributed by atoms with E-state index in [9.17, 15) is 8.42 Å². The summed E-state index contributed by atoms with van der Waals surface area (Å²) in [7, 11) is -3.54. The third kappa shape index (κ3) is 3.37. The summed E-state index contributed by atoms with van der Waals surface area (Å²) < 4.78 is 39.0. The molecule has 2 fully saturated rings. The van der Waals surface area contributed by atoms with Gasteiger partial charge in [0.2, 0.25) is 10.0 Å². The van der Waals surface area contributed by atoms with Gasteiger partial charge in [0, 0.05) is 13.1 Å². The van der Waals surface area contributed by atoms with Crippen molar-refractivity contribution in [3.63, 3.8) is 0 Å². The molecule has 25 heavy (non-hydrogen) atoms. The largest absolute Gasteiger partial charge is 0.486 e. The van der Waals surface area contributed by atoms with Crippen LogP contribution in [0.3, 0.4) is 0 Å². The lowest BCUT2D eigenvalue weighted by Crippen LogP contribution is -2.42. The van der Waals surface area contributed by atoms with E-state index in [4.69, 9.17) is 9.47 Å². The second-order valence-electron chi connectivity index (χ2n) is 7.11. The van der Waals surface area contributed by atoms with Crippen LogP contribution < -0.4 is 14.8 Å². The van der Waals surface area contributed by atoms with Crippen LogP contribution in [0.25, 0.3) is 0 Å². The molecule has 0 amide bonds. The van der Waals surface area contributed by atoms with Gasteiger partial charge < -0.3 is 14.8 Å². The van der Waals surface area contributed by atoms with Gasteiger partial charge in [0.25, 0.3) is 0 Å². The van der Waals surface area contributed by atoms with Gasteiger partial charge in [-0.1, -0.05) is 6.07 Å². The molecule has 6 nitrogen and oxygen atoms in total. The molecule has 0 bridgehead atoms. The van der Waals surface area contributed by atoms with E-state index in [1.807, 2.05) is 0 Å². The van der Waals surface area contributed by atoms with Crippen molar-refractivity contribution in [2.75, 3.05) is 39.4 Å². The number of piperidine rings is 2. The Kier molecular flexibility index (Phi) is 4.88. The minimum atomic E-state index is -3.54. The summed E-state index contributed by atoms with van der Waals surface area (Å²) >= 11 is 0. The highest BCUT2D eigenvalue weighted by molar-refractivity contribution is 7.89. The predicted molar refractivity (Wildman–Crippen MR) is 94.5 cm³/mol. The average molecular weight is 366 g/mol. The monoisotopic (exact) mass is 366 g/mol. The zero-order valence-corrected chi connectivity index (χ0v) is 15.3. The Labute approximate surface area is 149 Å². The zero-order chi connectivity index (χ0) is 17.3. The summed E-state index contributed by atoms with van der Waals surface area (Å²) in [6.07, 6.45) is 4.34. The van der Waals surface area contributed by atoms with Gasteiger partial charge in [0.05, 0.1) is 0 Å². The Bertz CT molecular complexity index is 708. The van der Waals surface area contributed by atoms with Crippen LogP contribution in [0, 0.1) is 11.8 Å². The molecule has 4 rings (SSSR count). The molecule has 1 aromatic rings. The number of hydrogen-bond donors (Lipinski definition) is 1. The topological polar surface area (TPSA) is 67.9 Å². The molecule has 7 heteroatoms. The van der Waals surface area contributed by atoms with Crippen molar-refractivity contribution in [1.29, 1.82) is 0 Å². The van der Waals surface area contributed by atoms with Crippen LogP contribution >= 0.6 is 0 Å². The van der Waals surface area contributed by atoms with Gasteiger partial charge in [-0.25, -0.2) is 8.42 Å². The summed E-state index contributed by atoms with van der Waals surface area (Å²) in [5, 5.41) is 3.41. The molecule has 0 unspecified atom stereocenters. The molecule has 0 spiro atoms. The molecule has 3 aliphatic heterocycles. The highest BCUT2D eigenvalue weighted by Crippen LogP contribution is 2.39. The van der Waals surface area contributed by atoms with Crippen LogP contribution in [0.4, 0.5) is 0 Å². The van der Waals surface area contributed by atoms with Gasteiger partial charge in [-0.15, -0.1) is 0 Å². The lowest BCUT2D eigenvalue weighted by atomic mass is 9.79. The van der Waals surface area contributed by atoms with Gasteiger partial charge in [-0.05, 0) is 62.7 Å². The van der Waals surface area contributed by atoms with Gasteiger partial charge in [0.1, 0.15) is 18.1 Å². The van der Waals surface area contributed by atoms with Crippen LogP contribution in [0.15, 0.2) is 23.1 Å². The van der Waals surface area contributed by atoms with Crippen LogP contribution in [0.2, 0.25) is 0 Å². The lowest BCUT2D eigenvalue weighted by molar-refractivity contribution is 0.164. The normalized spacial score (nSPS) is 23.5. The Balaban J connectivity index is 1.49. The number of nitrogens with zero attached hydrogens (tertiary/aromatic N) is 1. The molecule has 3 aliphatic rings. The van der Waals surface area contributed by atoms with E-state index in [2.05, 4.69) is 5.32 Å². The highest BCUT2D eigenvalue weighted by atomic mass is 32.2. The molecule has 0 atom stereocenters. The van der Waals surface area contributed by atoms with E-state index in [-0.39, 0.29) is 4.90 Å². The maximum Gasteiger partial charge on any atom is 0.246 e. The molecule has 1 N–H and O–H groups in total. The Hall–Kier alpha value is -1.31. The van der Waals surface area contributed by atoms with Crippen molar-refractivity contribution in [2.24, 2.45) is 11.8 Å². The second-order valence-corrected chi connectivity index (χ2v) is 9.02. The van der Waals surface area contributed by atoms with Crippen molar-refractivity contribution < 1.29 is 17.9 Å². The van der Waals surface area contributed by atoms with E-state index in [0.29, 0.717) is 43.7 Å². The predicted octanol–water partition coefficient (Wildman–Crippen LogP) is 1.86. The number of ether oxygens (including phenoxy) is 2. The number of rotatable bonds is 3. The van der Waals surface area contributed by atoms with E-state index in [1.54, 1.807) is 22.5 Å². The Morgan fingerprint density at radius 2 is 1.64 bits per heavy atom. The van der Waals surface area contributed by atoms with Gasteiger partial charge in [-0.3, -0.25) is 0 Å². The number of hydrogen-bond acceptors (Lipinski definition) is 5. The van der Waals surface area contributed by atoms with E-state index in [0.717, 1.165) is 31.8 Å². The van der Waals surface area contributed by atoms with Crippen molar-refractivity contribution in [3.05, 3.63) is 18.2 Å². The number of para-hydroxylation sites is 1. The molecule has 138 valence electrons. The summed E-state index contributed by atoms with van der Waals surface area (Å²) in [4.78, 5) is 0.241. The number of benzene rings is 1. The number of fused-ring (bicyclic) bond motifs is 1. The Morgan fingerprint density at radius 1 is 0.960 bits per heavy atom. The van der Waals surface area contributed by atoms with E-state index in [1.165, 1.54) is 12.8 Å². The summed E-state index contributed by atoms with van der Waals surface area (Å²) in [6, 6.07) is 5.11. The smallest absolute Gasteiger partial charge is 0.246 e. The van der Waals surface area contributed by atoms with Crippen molar-refractivity contribution in [3.8, 4) is 11.5 Å². The number of nitrogens with one attached hydrogen (secondary N) is 1. The third-order valence-corrected chi connectivity index (χ3v) is 7.62. The molecule has 3 heterocycles. The fourth-order valence-electron chi connectivity index (χ4n) is 4.29. The standard InChI is InChI=1S/C18H26N2O4S/c21-25(22,17-3-1-2-16-18(17)24-13-12-23-16)20-10-6-15(7-11-20)14-4-8-19-9-5-14/h1-3,14-15,19H,4-13H2. The van der Waals surface area contributed by atoms with Gasteiger partial charge >= 0.3 is 0 Å². The number of sulfonamides is 1. The summed E-state index contributed by atoms with van der Waals surface area (Å²) in [5.41, 5.74) is 0. The van der Waals surface area contributed by atoms with Gasteiger partial charge in [-0.2, -0.15) is 4.31 Å². The summed E-state index contributed by atoms with van der Waals surface area (Å²) in [5.74, 6) is 2.29. The molecule has 0 radical (unpaired) electrons. The highest BCUT2D eigenvalue weighted by Gasteiger charge is 2.35. The van der Waals surface area contributed by atoms with Gasteiger partial charge in [0.15, 0.2) is 11.5 Å². The molecule has 0 aromatic heterocycles. The maximum atomic E-state index is 13.1. The summed E-state index contributed by atoms with van der Waals surface area (Å²) in [6.45, 7) is 4.23. The molecule has 1 aromatic carbocycles. The van der Waals surface area contributed by atoms with Crippen LogP contribution in [-0.4, -0.2) is 52.1 Å². The van der Waals surface area contributed by atoms with E-state index < -0.39 is 10.0 Å². The zero-order valence-electron chi connectivity index (χ0n) is 14.4. The molecular formula is C18H26N2O4S. The minimum absolute atomic E-state index is 0.241. The van der Waals surface area contributed by atoms with Crippen LogP contribution in [-0.2, 0) is 10.0 Å².